The molecule has 1 fully saturated rings. The van der Waals surface area contributed by atoms with Crippen molar-refractivity contribution in [3.05, 3.63) is 129 Å². The maximum Gasteiger partial charge on any atom is 0.358 e. The van der Waals surface area contributed by atoms with Gasteiger partial charge in [0.1, 0.15) is 30.0 Å². The van der Waals surface area contributed by atoms with E-state index in [-0.39, 0.29) is 16.3 Å². The number of carbonyl (C=O) groups is 3. The fourth-order valence-corrected chi connectivity index (χ4v) is 7.45. The summed E-state index contributed by atoms with van der Waals surface area (Å²) in [6.07, 6.45) is -0.194. The molecule has 0 saturated carbocycles. The Kier molecular flexibility index (Phi) is 9.86. The third-order valence-corrected chi connectivity index (χ3v) is 9.64. The Balaban J connectivity index is 1.25. The maximum absolute atomic E-state index is 13.7. The number of oxime groups is 1. The molecule has 2 aliphatic rings. The number of nitrogens with one attached hydrogen (secondary N) is 2. The first-order valence-corrected chi connectivity index (χ1v) is 17.4. The number of hydroxylamine groups is 2. The minimum absolute atomic E-state index is 0.0106. The van der Waals surface area contributed by atoms with Gasteiger partial charge in [0.15, 0.2) is 29.1 Å². The van der Waals surface area contributed by atoms with Crippen LogP contribution in [0.4, 0.5) is 5.13 Å². The van der Waals surface area contributed by atoms with Crippen LogP contribution in [0.1, 0.15) is 43.2 Å². The van der Waals surface area contributed by atoms with Crippen LogP contribution in [0.5, 0.6) is 0 Å². The predicted octanol–water partition coefficient (Wildman–Crippen LogP) is 5.45. The second-order valence-electron chi connectivity index (χ2n) is 12.2. The Labute approximate surface area is 292 Å². The number of amides is 1. The molecule has 1 aromatic heterocycles. The number of allylic oxidation sites excluding steroid dienone is 1. The van der Waals surface area contributed by atoms with Crippen LogP contribution in [0.3, 0.4) is 0 Å². The second-order valence-corrected chi connectivity index (χ2v) is 14.1. The molecule has 13 heteroatoms. The van der Waals surface area contributed by atoms with Crippen LogP contribution in [0.2, 0.25) is 0 Å². The van der Waals surface area contributed by atoms with Gasteiger partial charge in [0, 0.05) is 11.1 Å². The second kappa shape index (κ2) is 14.2. The summed E-state index contributed by atoms with van der Waals surface area (Å²) in [5, 5.41) is 14.2. The fourth-order valence-electron chi connectivity index (χ4n) is 5.66. The fraction of sp³-hybridized carbons (Fsp3) is 0.250. The number of esters is 1. The Morgan fingerprint density at radius 2 is 1.53 bits per heavy atom. The van der Waals surface area contributed by atoms with Crippen molar-refractivity contribution in [1.82, 2.24) is 15.4 Å². The molecule has 1 saturated heterocycles. The number of hydrogen-bond acceptors (Lipinski definition) is 12. The third-order valence-electron chi connectivity index (χ3n) is 7.77. The minimum Gasteiger partial charge on any atom is -0.455 e. The van der Waals surface area contributed by atoms with E-state index >= 15 is 0 Å². The highest BCUT2D eigenvalue weighted by molar-refractivity contribution is 8.04. The van der Waals surface area contributed by atoms with Gasteiger partial charge in [0.2, 0.25) is 0 Å². The van der Waals surface area contributed by atoms with Crippen molar-refractivity contribution in [3.63, 3.8) is 0 Å². The minimum atomic E-state index is -0.818. The molecule has 0 aliphatic carbocycles. The molecule has 6 rings (SSSR count). The summed E-state index contributed by atoms with van der Waals surface area (Å²) >= 11 is 2.53. The average molecular weight is 698 g/mol. The molecule has 2 atom stereocenters. The number of rotatable bonds is 11. The molecule has 0 spiro atoms. The Hall–Kier alpha value is -4.98. The number of fused-ring (bicyclic) bond motifs is 1. The Bertz CT molecular complexity index is 1780. The van der Waals surface area contributed by atoms with Gasteiger partial charge >= 0.3 is 5.97 Å². The van der Waals surface area contributed by atoms with Crippen molar-refractivity contribution >= 4 is 52.1 Å². The highest BCUT2D eigenvalue weighted by atomic mass is 32.2. The highest BCUT2D eigenvalue weighted by Crippen LogP contribution is 2.41. The van der Waals surface area contributed by atoms with Crippen LogP contribution in [-0.4, -0.2) is 64.7 Å². The molecule has 4 aromatic rings. The van der Waals surface area contributed by atoms with Crippen LogP contribution >= 0.6 is 23.1 Å². The molecule has 11 nitrogen and oxygen atoms in total. The molecule has 0 bridgehead atoms. The maximum atomic E-state index is 13.7. The zero-order valence-corrected chi connectivity index (χ0v) is 28.9. The van der Waals surface area contributed by atoms with E-state index in [1.165, 1.54) is 35.3 Å². The SMILES string of the molecule is CON=C(C(=O)NC1ON2C(C(=O)OC(C)(C)C)=C(C=O)SCC12)c1csc(NC(c2ccccc2)(c2ccccc2)c2ccccc2)n1. The summed E-state index contributed by atoms with van der Waals surface area (Å²) in [7, 11) is 1.35. The zero-order chi connectivity index (χ0) is 34.6. The topological polar surface area (TPSA) is 131 Å². The number of thioether (sulfide) groups is 1. The summed E-state index contributed by atoms with van der Waals surface area (Å²) < 4.78 is 5.50. The van der Waals surface area contributed by atoms with Crippen LogP contribution in [0.25, 0.3) is 0 Å². The van der Waals surface area contributed by atoms with Gasteiger partial charge in [-0.15, -0.1) is 23.1 Å². The van der Waals surface area contributed by atoms with Crippen molar-refractivity contribution < 1.29 is 28.8 Å². The van der Waals surface area contributed by atoms with Crippen LogP contribution in [0.15, 0.2) is 112 Å². The number of hydrogen-bond donors (Lipinski definition) is 2. The molecule has 1 amide bonds. The molecular formula is C36H35N5O6S2. The molecule has 0 radical (unpaired) electrons. The normalized spacial score (nSPS) is 17.8. The van der Waals surface area contributed by atoms with Crippen LogP contribution in [0, 0.1) is 0 Å². The number of benzene rings is 3. The zero-order valence-electron chi connectivity index (χ0n) is 27.3. The van der Waals surface area contributed by atoms with E-state index in [4.69, 9.17) is 19.4 Å². The quantitative estimate of drug-likeness (QED) is 0.0686. The third kappa shape index (κ3) is 6.95. The largest absolute Gasteiger partial charge is 0.455 e. The lowest BCUT2D eigenvalue weighted by Crippen LogP contribution is -2.67. The van der Waals surface area contributed by atoms with E-state index in [1.54, 1.807) is 26.2 Å². The molecule has 252 valence electrons. The lowest BCUT2D eigenvalue weighted by atomic mass is 9.77. The average Bonchev–Trinajstić information content (AvgIpc) is 3.56. The van der Waals surface area contributed by atoms with E-state index in [2.05, 4.69) is 52.2 Å². The lowest BCUT2D eigenvalue weighted by molar-refractivity contribution is -0.318. The first kappa shape index (κ1) is 33.9. The van der Waals surface area contributed by atoms with Crippen molar-refractivity contribution in [3.8, 4) is 0 Å². The summed E-state index contributed by atoms with van der Waals surface area (Å²) in [4.78, 5) is 54.2. The van der Waals surface area contributed by atoms with Gasteiger partial charge < -0.3 is 20.2 Å². The molecular weight excluding hydrogens is 663 g/mol. The summed E-state index contributed by atoms with van der Waals surface area (Å²) in [6.45, 7) is 5.21. The lowest BCUT2D eigenvalue weighted by Gasteiger charge is -2.50. The number of aldehydes is 1. The monoisotopic (exact) mass is 697 g/mol. The van der Waals surface area contributed by atoms with Crippen LogP contribution in [-0.2, 0) is 34.3 Å². The van der Waals surface area contributed by atoms with Gasteiger partial charge in [0.05, 0.1) is 4.91 Å². The van der Waals surface area contributed by atoms with Gasteiger partial charge in [-0.05, 0) is 37.5 Å². The van der Waals surface area contributed by atoms with Crippen molar-refractivity contribution in [2.45, 2.75) is 44.2 Å². The van der Waals surface area contributed by atoms with E-state index in [0.29, 0.717) is 22.9 Å². The van der Waals surface area contributed by atoms with Crippen LogP contribution < -0.4 is 10.6 Å². The number of nitrogens with zero attached hydrogens (tertiary/aromatic N) is 3. The number of aromatic nitrogens is 1. The van der Waals surface area contributed by atoms with E-state index in [0.717, 1.165) is 16.7 Å². The highest BCUT2D eigenvalue weighted by Gasteiger charge is 2.50. The summed E-state index contributed by atoms with van der Waals surface area (Å²) in [6, 6.07) is 29.9. The number of thiazole rings is 1. The van der Waals surface area contributed by atoms with E-state index in [9.17, 15) is 14.4 Å². The smallest absolute Gasteiger partial charge is 0.358 e. The molecule has 3 aromatic carbocycles. The molecule has 2 aliphatic heterocycles. The van der Waals surface area contributed by atoms with Gasteiger partial charge in [-0.2, -0.15) is 0 Å². The molecule has 2 N–H and O–H groups in total. The molecule has 3 heterocycles. The summed E-state index contributed by atoms with van der Waals surface area (Å²) in [5.74, 6) is -0.871. The number of ether oxygens (including phenoxy) is 1. The molecule has 2 unspecified atom stereocenters. The first-order chi connectivity index (χ1) is 23.6. The first-order valence-electron chi connectivity index (χ1n) is 15.5. The Morgan fingerprint density at radius 3 is 2.04 bits per heavy atom. The van der Waals surface area contributed by atoms with Gasteiger partial charge in [0.25, 0.3) is 5.91 Å². The number of anilines is 1. The number of carbonyl (C=O) groups excluding carboxylic acids is 3. The van der Waals surface area contributed by atoms with Crippen molar-refractivity contribution in [2.24, 2.45) is 5.16 Å². The van der Waals surface area contributed by atoms with E-state index < -0.39 is 35.3 Å². The van der Waals surface area contributed by atoms with Crippen molar-refractivity contribution in [1.29, 1.82) is 0 Å². The molecule has 49 heavy (non-hydrogen) atoms. The van der Waals surface area contributed by atoms with Crippen molar-refractivity contribution in [2.75, 3.05) is 18.2 Å². The Morgan fingerprint density at radius 1 is 0.959 bits per heavy atom. The van der Waals surface area contributed by atoms with Gasteiger partial charge in [-0.1, -0.05) is 96.2 Å². The van der Waals surface area contributed by atoms with Gasteiger partial charge in [-0.3, -0.25) is 9.59 Å². The predicted molar refractivity (Wildman–Crippen MR) is 189 cm³/mol. The van der Waals surface area contributed by atoms with E-state index in [1.807, 2.05) is 54.6 Å². The summed E-state index contributed by atoms with van der Waals surface area (Å²) in [5.41, 5.74) is 1.66. The standard InChI is InChI=1S/C36H35N5O6S2/c1-35(2,3)46-33(44)30-28(20-42)48-22-27-32(47-41(27)30)38-31(43)29(40-45-4)26-21-49-34(37-26)39-36(23-14-8-5-9-15-23,24-16-10-6-11-17-24)25-18-12-7-13-19-25/h5-21,27,32H,22H2,1-4H3,(H,37,39)(H,38,43). The van der Waals surface area contributed by atoms with Gasteiger partial charge in [-0.25, -0.2) is 19.7 Å².